The Morgan fingerprint density at radius 1 is 1.20 bits per heavy atom. The average molecular weight is 340 g/mol. The summed E-state index contributed by atoms with van der Waals surface area (Å²) in [4.78, 5) is 22.7. The maximum Gasteiger partial charge on any atom is 0.222 e. The molecule has 1 aromatic carbocycles. The third-order valence-electron chi connectivity index (χ3n) is 4.20. The lowest BCUT2D eigenvalue weighted by Crippen LogP contribution is -2.46. The first kappa shape index (κ1) is 17.4. The van der Waals surface area contributed by atoms with E-state index in [1.54, 1.807) is 18.5 Å². The molecule has 2 aromatic rings. The van der Waals surface area contributed by atoms with Gasteiger partial charge in [0.05, 0.1) is 12.6 Å². The topological polar surface area (TPSA) is 67.4 Å². The monoisotopic (exact) mass is 340 g/mol. The minimum atomic E-state index is -0.0512. The zero-order valence-corrected chi connectivity index (χ0v) is 14.5. The van der Waals surface area contributed by atoms with Crippen LogP contribution >= 0.6 is 0 Å². The van der Waals surface area contributed by atoms with Crippen LogP contribution < -0.4 is 5.32 Å². The number of benzene rings is 1. The van der Waals surface area contributed by atoms with Crippen molar-refractivity contribution >= 4 is 11.9 Å². The van der Waals surface area contributed by atoms with Crippen molar-refractivity contribution in [1.82, 2.24) is 14.9 Å². The summed E-state index contributed by atoms with van der Waals surface area (Å²) in [5, 5.41) is 3.13. The zero-order chi connectivity index (χ0) is 17.5. The Bertz CT molecular complexity index is 666. The summed E-state index contributed by atoms with van der Waals surface area (Å²) in [6.45, 7) is 3.96. The van der Waals surface area contributed by atoms with Crippen LogP contribution in [0, 0.1) is 0 Å². The van der Waals surface area contributed by atoms with E-state index >= 15 is 0 Å². The zero-order valence-electron chi connectivity index (χ0n) is 14.5. The summed E-state index contributed by atoms with van der Waals surface area (Å²) < 4.78 is 6.01. The summed E-state index contributed by atoms with van der Waals surface area (Å²) in [6, 6.07) is 11.9. The predicted molar refractivity (Wildman–Crippen MR) is 96.1 cm³/mol. The molecule has 1 amide bonds. The van der Waals surface area contributed by atoms with Crippen LogP contribution in [-0.2, 0) is 9.53 Å². The number of ether oxygens (including phenoxy) is 1. The number of carbonyl (C=O) groups is 1. The summed E-state index contributed by atoms with van der Waals surface area (Å²) in [5.74, 6) is 0.769. The van der Waals surface area contributed by atoms with Crippen LogP contribution in [0.4, 0.5) is 5.95 Å². The second kappa shape index (κ2) is 8.58. The van der Waals surface area contributed by atoms with E-state index in [0.717, 1.165) is 12.0 Å². The lowest BCUT2D eigenvalue weighted by molar-refractivity contribution is -0.144. The van der Waals surface area contributed by atoms with E-state index in [9.17, 15) is 4.79 Å². The summed E-state index contributed by atoms with van der Waals surface area (Å²) in [5.41, 5.74) is 1.12. The molecule has 1 aliphatic heterocycles. The van der Waals surface area contributed by atoms with Gasteiger partial charge in [-0.2, -0.15) is 0 Å². The molecule has 0 spiro atoms. The van der Waals surface area contributed by atoms with Gasteiger partial charge in [-0.15, -0.1) is 0 Å². The normalized spacial score (nSPS) is 20.3. The van der Waals surface area contributed by atoms with Gasteiger partial charge in [0.1, 0.15) is 6.10 Å². The van der Waals surface area contributed by atoms with E-state index < -0.39 is 0 Å². The van der Waals surface area contributed by atoms with Crippen molar-refractivity contribution in [3.05, 3.63) is 54.4 Å². The van der Waals surface area contributed by atoms with Crippen LogP contribution in [0.1, 0.15) is 31.4 Å². The quantitative estimate of drug-likeness (QED) is 0.819. The standard InChI is InChI=1S/C19H24N4O2/c1-15-13-23(14-17(25-15)16-7-3-2-4-8-16)18(24)9-5-10-20-19-21-11-6-12-22-19/h2-4,6-8,11-12,15,17H,5,9-10,13-14H2,1H3,(H,20,21,22)/t15-,17+/m0/s1. The van der Waals surface area contributed by atoms with Crippen molar-refractivity contribution in [2.75, 3.05) is 25.0 Å². The smallest absolute Gasteiger partial charge is 0.222 e. The fourth-order valence-corrected chi connectivity index (χ4v) is 3.00. The van der Waals surface area contributed by atoms with Gasteiger partial charge >= 0.3 is 0 Å². The molecule has 6 heteroatoms. The molecule has 3 rings (SSSR count). The van der Waals surface area contributed by atoms with Gasteiger partial charge in [-0.3, -0.25) is 4.79 Å². The highest BCUT2D eigenvalue weighted by atomic mass is 16.5. The third kappa shape index (κ3) is 5.00. The number of anilines is 1. The van der Waals surface area contributed by atoms with Gasteiger partial charge in [0.15, 0.2) is 0 Å². The first-order valence-electron chi connectivity index (χ1n) is 8.71. The molecule has 6 nitrogen and oxygen atoms in total. The largest absolute Gasteiger partial charge is 0.367 e. The molecular formula is C19H24N4O2. The molecule has 0 unspecified atom stereocenters. The Labute approximate surface area is 148 Å². The summed E-state index contributed by atoms with van der Waals surface area (Å²) >= 11 is 0. The van der Waals surface area contributed by atoms with Crippen LogP contribution in [0.15, 0.2) is 48.8 Å². The minimum Gasteiger partial charge on any atom is -0.367 e. The van der Waals surface area contributed by atoms with Gasteiger partial charge in [0.2, 0.25) is 11.9 Å². The number of hydrogen-bond donors (Lipinski definition) is 1. The molecular weight excluding hydrogens is 316 g/mol. The van der Waals surface area contributed by atoms with Crippen molar-refractivity contribution in [2.24, 2.45) is 0 Å². The van der Waals surface area contributed by atoms with Gasteiger partial charge in [-0.25, -0.2) is 9.97 Å². The molecule has 132 valence electrons. The van der Waals surface area contributed by atoms with Gasteiger partial charge in [-0.05, 0) is 25.0 Å². The SMILES string of the molecule is C[C@H]1CN(C(=O)CCCNc2ncccn2)C[C@H](c2ccccc2)O1. The molecule has 25 heavy (non-hydrogen) atoms. The van der Waals surface area contributed by atoms with E-state index in [1.165, 1.54) is 0 Å². The van der Waals surface area contributed by atoms with E-state index in [1.807, 2.05) is 30.0 Å². The van der Waals surface area contributed by atoms with Crippen molar-refractivity contribution in [1.29, 1.82) is 0 Å². The molecule has 1 aromatic heterocycles. The molecule has 0 saturated carbocycles. The number of amides is 1. The van der Waals surface area contributed by atoms with Gasteiger partial charge in [0, 0.05) is 31.9 Å². The molecule has 1 N–H and O–H groups in total. The Balaban J connectivity index is 1.47. The van der Waals surface area contributed by atoms with Crippen molar-refractivity contribution in [2.45, 2.75) is 32.0 Å². The molecule has 0 aliphatic carbocycles. The second-order valence-electron chi connectivity index (χ2n) is 6.25. The third-order valence-corrected chi connectivity index (χ3v) is 4.20. The Hall–Kier alpha value is -2.47. The van der Waals surface area contributed by atoms with Gasteiger partial charge in [-0.1, -0.05) is 30.3 Å². The maximum absolute atomic E-state index is 12.5. The van der Waals surface area contributed by atoms with Crippen LogP contribution in [0.3, 0.4) is 0 Å². The van der Waals surface area contributed by atoms with Gasteiger partial charge in [0.25, 0.3) is 0 Å². The highest BCUT2D eigenvalue weighted by Crippen LogP contribution is 2.25. The van der Waals surface area contributed by atoms with Crippen LogP contribution in [0.2, 0.25) is 0 Å². The van der Waals surface area contributed by atoms with Crippen LogP contribution in [-0.4, -0.2) is 46.5 Å². The number of aromatic nitrogens is 2. The number of nitrogens with one attached hydrogen (secondary N) is 1. The van der Waals surface area contributed by atoms with Crippen molar-refractivity contribution in [3.63, 3.8) is 0 Å². The van der Waals surface area contributed by atoms with Crippen molar-refractivity contribution in [3.8, 4) is 0 Å². The Morgan fingerprint density at radius 2 is 1.96 bits per heavy atom. The second-order valence-corrected chi connectivity index (χ2v) is 6.25. The highest BCUT2D eigenvalue weighted by Gasteiger charge is 2.28. The van der Waals surface area contributed by atoms with Crippen LogP contribution in [0.25, 0.3) is 0 Å². The maximum atomic E-state index is 12.5. The molecule has 1 aliphatic rings. The van der Waals surface area contributed by atoms with Crippen molar-refractivity contribution < 1.29 is 9.53 Å². The molecule has 1 fully saturated rings. The number of rotatable bonds is 6. The van der Waals surface area contributed by atoms with E-state index in [2.05, 4.69) is 27.4 Å². The highest BCUT2D eigenvalue weighted by molar-refractivity contribution is 5.76. The number of morpholine rings is 1. The first-order valence-corrected chi connectivity index (χ1v) is 8.71. The average Bonchev–Trinajstić information content (AvgIpc) is 2.66. The van der Waals surface area contributed by atoms with E-state index in [0.29, 0.717) is 32.0 Å². The molecule has 0 bridgehead atoms. The number of carbonyl (C=O) groups excluding carboxylic acids is 1. The molecule has 1 saturated heterocycles. The minimum absolute atomic E-state index is 0.0405. The lowest BCUT2D eigenvalue weighted by Gasteiger charge is -2.37. The molecule has 0 radical (unpaired) electrons. The van der Waals surface area contributed by atoms with Gasteiger partial charge < -0.3 is 15.0 Å². The van der Waals surface area contributed by atoms with E-state index in [-0.39, 0.29) is 18.1 Å². The van der Waals surface area contributed by atoms with E-state index in [4.69, 9.17) is 4.74 Å². The predicted octanol–water partition coefficient (Wildman–Crippen LogP) is 2.66. The molecule has 2 atom stereocenters. The fraction of sp³-hybridized carbons (Fsp3) is 0.421. The number of hydrogen-bond acceptors (Lipinski definition) is 5. The molecule has 2 heterocycles. The fourth-order valence-electron chi connectivity index (χ4n) is 3.00. The lowest BCUT2D eigenvalue weighted by atomic mass is 10.1. The Kier molecular flexibility index (Phi) is 5.95. The summed E-state index contributed by atoms with van der Waals surface area (Å²) in [7, 11) is 0. The van der Waals surface area contributed by atoms with Crippen LogP contribution in [0.5, 0.6) is 0 Å². The number of nitrogens with zero attached hydrogens (tertiary/aromatic N) is 3. The first-order chi connectivity index (χ1) is 12.2. The summed E-state index contributed by atoms with van der Waals surface area (Å²) in [6.07, 6.45) is 4.63. The Morgan fingerprint density at radius 3 is 2.72 bits per heavy atom.